The van der Waals surface area contributed by atoms with E-state index in [2.05, 4.69) is 15.9 Å². The van der Waals surface area contributed by atoms with Gasteiger partial charge in [-0.3, -0.25) is 4.79 Å². The molecule has 0 bridgehead atoms. The van der Waals surface area contributed by atoms with Crippen LogP contribution in [0.4, 0.5) is 26.3 Å². The summed E-state index contributed by atoms with van der Waals surface area (Å²) >= 11 is 8.86. The summed E-state index contributed by atoms with van der Waals surface area (Å²) in [5.41, 5.74) is -1.55. The number of carbonyl (C=O) groups is 1. The second kappa shape index (κ2) is 12.9. The Balaban J connectivity index is 0.000000352. The molecular formula is C25H17BrClF6NO4. The third-order valence-corrected chi connectivity index (χ3v) is 5.22. The summed E-state index contributed by atoms with van der Waals surface area (Å²) in [6.07, 6.45) is -9.07. The van der Waals surface area contributed by atoms with Gasteiger partial charge in [-0.05, 0) is 61.0 Å². The number of hydrogen-bond donors (Lipinski definition) is 1. The van der Waals surface area contributed by atoms with Crippen molar-refractivity contribution >= 4 is 33.5 Å². The molecule has 202 valence electrons. The lowest BCUT2D eigenvalue weighted by molar-refractivity contribution is -0.142. The molecule has 0 aliphatic rings. The van der Waals surface area contributed by atoms with Crippen LogP contribution in [0.5, 0.6) is 17.2 Å². The zero-order chi connectivity index (χ0) is 28.7. The van der Waals surface area contributed by atoms with E-state index in [0.29, 0.717) is 11.6 Å². The maximum atomic E-state index is 12.9. The van der Waals surface area contributed by atoms with Crippen LogP contribution in [0, 0.1) is 11.3 Å². The number of nitriles is 1. The van der Waals surface area contributed by atoms with Crippen LogP contribution in [0.15, 0.2) is 59.1 Å². The molecule has 0 saturated heterocycles. The highest BCUT2D eigenvalue weighted by Crippen LogP contribution is 2.36. The molecule has 0 atom stereocenters. The number of phenolic OH excluding ortho intramolecular Hbond substituents is 1. The average Bonchev–Trinajstić information content (AvgIpc) is 2.80. The van der Waals surface area contributed by atoms with Gasteiger partial charge in [0.2, 0.25) is 0 Å². The van der Waals surface area contributed by atoms with Crippen molar-refractivity contribution in [1.82, 2.24) is 0 Å². The summed E-state index contributed by atoms with van der Waals surface area (Å²) in [6.45, 7) is 1.91. The van der Waals surface area contributed by atoms with E-state index in [1.807, 2.05) is 0 Å². The quantitative estimate of drug-likeness (QED) is 0.228. The smallest absolute Gasteiger partial charge is 0.416 e. The lowest BCUT2D eigenvalue weighted by Gasteiger charge is -2.13. The maximum Gasteiger partial charge on any atom is 0.416 e. The van der Waals surface area contributed by atoms with Crippen LogP contribution in [0.25, 0.3) is 0 Å². The SMILES string of the molecule is CCOC(=O)Cc1ccc(Cl)c(Oc2cc(C#N)cc(C(F)(F)F)c2)c1.Oc1cc(Br)cc(C(F)(F)F)c1. The molecule has 3 aromatic rings. The van der Waals surface area contributed by atoms with Crippen LogP contribution in [0.3, 0.4) is 0 Å². The molecule has 0 saturated carbocycles. The van der Waals surface area contributed by atoms with Crippen molar-refractivity contribution in [2.24, 2.45) is 0 Å². The molecule has 13 heteroatoms. The number of hydrogen-bond acceptors (Lipinski definition) is 5. The highest BCUT2D eigenvalue weighted by Gasteiger charge is 2.32. The third kappa shape index (κ3) is 9.46. The number of phenols is 1. The molecule has 1 N–H and O–H groups in total. The number of rotatable bonds is 5. The van der Waals surface area contributed by atoms with Gasteiger partial charge in [0, 0.05) is 4.47 Å². The summed E-state index contributed by atoms with van der Waals surface area (Å²) in [5.74, 6) is -0.980. The van der Waals surface area contributed by atoms with Crippen LogP contribution in [-0.4, -0.2) is 17.7 Å². The molecule has 5 nitrogen and oxygen atoms in total. The van der Waals surface area contributed by atoms with Crippen molar-refractivity contribution in [2.75, 3.05) is 6.61 Å². The standard InChI is InChI=1S/C18H13ClF3NO3.C7H4BrF3O/c1-2-25-17(24)8-11-3-4-15(19)16(7-11)26-14-6-12(10-23)5-13(9-14)18(20,21)22;8-5-1-4(7(9,10)11)2-6(12)3-5/h3-7,9H,2,8H2,1H3;1-3,12H. The van der Waals surface area contributed by atoms with Gasteiger partial charge in [0.25, 0.3) is 0 Å². The summed E-state index contributed by atoms with van der Waals surface area (Å²) in [7, 11) is 0. The Morgan fingerprint density at radius 3 is 2.18 bits per heavy atom. The van der Waals surface area contributed by atoms with Gasteiger partial charge in [-0.25, -0.2) is 0 Å². The normalized spacial score (nSPS) is 11.2. The Kier molecular flexibility index (Phi) is 10.4. The number of carbonyl (C=O) groups excluding carboxylic acids is 1. The number of ether oxygens (including phenoxy) is 2. The molecule has 38 heavy (non-hydrogen) atoms. The first-order valence-corrected chi connectivity index (χ1v) is 11.6. The van der Waals surface area contributed by atoms with Crippen molar-refractivity contribution < 1.29 is 45.7 Å². The largest absolute Gasteiger partial charge is 0.508 e. The summed E-state index contributed by atoms with van der Waals surface area (Å²) in [4.78, 5) is 11.5. The molecule has 0 fully saturated rings. The lowest BCUT2D eigenvalue weighted by Crippen LogP contribution is -2.07. The fraction of sp³-hybridized carbons (Fsp3) is 0.200. The highest BCUT2D eigenvalue weighted by atomic mass is 79.9. The zero-order valence-corrected chi connectivity index (χ0v) is 21.6. The van der Waals surface area contributed by atoms with Crippen molar-refractivity contribution in [1.29, 1.82) is 5.26 Å². The predicted molar refractivity (Wildman–Crippen MR) is 129 cm³/mol. The number of halogens is 8. The van der Waals surface area contributed by atoms with E-state index in [4.69, 9.17) is 31.4 Å². The van der Waals surface area contributed by atoms with E-state index in [1.54, 1.807) is 19.1 Å². The fourth-order valence-corrected chi connectivity index (χ4v) is 3.50. The molecule has 0 aliphatic carbocycles. The Morgan fingerprint density at radius 1 is 1.00 bits per heavy atom. The first kappa shape index (κ1) is 30.8. The molecule has 0 aromatic heterocycles. The first-order valence-electron chi connectivity index (χ1n) is 10.4. The Labute approximate surface area is 226 Å². The number of benzene rings is 3. The van der Waals surface area contributed by atoms with Crippen LogP contribution < -0.4 is 4.74 Å². The van der Waals surface area contributed by atoms with Crippen LogP contribution in [0.2, 0.25) is 5.02 Å². The predicted octanol–water partition coefficient (Wildman–Crippen LogP) is 8.30. The third-order valence-electron chi connectivity index (χ3n) is 4.45. The molecular weight excluding hydrogens is 608 g/mol. The summed E-state index contributed by atoms with van der Waals surface area (Å²) in [5, 5.41) is 17.9. The van der Waals surface area contributed by atoms with Crippen molar-refractivity contribution in [3.8, 4) is 23.3 Å². The van der Waals surface area contributed by atoms with Gasteiger partial charge in [-0.1, -0.05) is 33.6 Å². The van der Waals surface area contributed by atoms with Crippen LogP contribution in [0.1, 0.15) is 29.2 Å². The molecule has 3 aromatic carbocycles. The number of esters is 1. The van der Waals surface area contributed by atoms with Crippen LogP contribution in [-0.2, 0) is 28.3 Å². The second-order valence-corrected chi connectivity index (χ2v) is 8.72. The van der Waals surface area contributed by atoms with E-state index < -0.39 is 35.2 Å². The Hall–Kier alpha value is -3.43. The molecule has 0 radical (unpaired) electrons. The monoisotopic (exact) mass is 623 g/mol. The highest BCUT2D eigenvalue weighted by molar-refractivity contribution is 9.10. The molecule has 0 spiro atoms. The number of aromatic hydroxyl groups is 1. The van der Waals surface area contributed by atoms with Gasteiger partial charge in [0.05, 0.1) is 40.8 Å². The average molecular weight is 625 g/mol. The van der Waals surface area contributed by atoms with Crippen LogP contribution >= 0.6 is 27.5 Å². The maximum absolute atomic E-state index is 12.9. The molecule has 0 unspecified atom stereocenters. The minimum Gasteiger partial charge on any atom is -0.508 e. The minimum atomic E-state index is -4.62. The van der Waals surface area contributed by atoms with Gasteiger partial charge in [-0.2, -0.15) is 31.6 Å². The molecule has 3 rings (SSSR count). The van der Waals surface area contributed by atoms with E-state index in [1.165, 1.54) is 24.3 Å². The summed E-state index contributed by atoms with van der Waals surface area (Å²) in [6, 6.07) is 11.6. The van der Waals surface area contributed by atoms with E-state index in [-0.39, 0.29) is 39.6 Å². The topological polar surface area (TPSA) is 79.5 Å². The van der Waals surface area contributed by atoms with Gasteiger partial charge >= 0.3 is 18.3 Å². The molecule has 0 aliphatic heterocycles. The molecule has 0 amide bonds. The van der Waals surface area contributed by atoms with Gasteiger partial charge in [0.15, 0.2) is 0 Å². The van der Waals surface area contributed by atoms with Crippen molar-refractivity contribution in [3.05, 3.63) is 86.3 Å². The lowest BCUT2D eigenvalue weighted by atomic mass is 10.1. The Morgan fingerprint density at radius 2 is 1.63 bits per heavy atom. The van der Waals surface area contributed by atoms with Gasteiger partial charge in [-0.15, -0.1) is 0 Å². The van der Waals surface area contributed by atoms with E-state index >= 15 is 0 Å². The number of alkyl halides is 6. The van der Waals surface area contributed by atoms with E-state index in [0.717, 1.165) is 18.2 Å². The van der Waals surface area contributed by atoms with Crippen molar-refractivity contribution in [2.45, 2.75) is 25.7 Å². The Bertz CT molecular complexity index is 1320. The van der Waals surface area contributed by atoms with Gasteiger partial charge < -0.3 is 14.6 Å². The fourth-order valence-electron chi connectivity index (χ4n) is 2.87. The van der Waals surface area contributed by atoms with Crippen molar-refractivity contribution in [3.63, 3.8) is 0 Å². The van der Waals surface area contributed by atoms with Gasteiger partial charge in [0.1, 0.15) is 17.2 Å². The minimum absolute atomic E-state index is 0.0343. The number of nitrogens with zero attached hydrogens (tertiary/aromatic N) is 1. The molecule has 0 heterocycles. The zero-order valence-electron chi connectivity index (χ0n) is 19.3. The summed E-state index contributed by atoms with van der Waals surface area (Å²) < 4.78 is 85.3. The first-order chi connectivity index (χ1) is 17.6. The van der Waals surface area contributed by atoms with E-state index in [9.17, 15) is 31.1 Å². The second-order valence-electron chi connectivity index (χ2n) is 7.40.